The molecule has 3 atom stereocenters. The minimum Gasteiger partial charge on any atom is -0.497 e. The van der Waals surface area contributed by atoms with E-state index in [4.69, 9.17) is 14.3 Å². The molecule has 5 heterocycles. The number of nitrogens with zero attached hydrogens (tertiary/aromatic N) is 2. The van der Waals surface area contributed by atoms with Gasteiger partial charge in [0.05, 0.1) is 35.1 Å². The molecule has 1 aliphatic heterocycles. The van der Waals surface area contributed by atoms with Crippen LogP contribution in [0.3, 0.4) is 0 Å². The Morgan fingerprint density at radius 1 is 1.05 bits per heavy atom. The van der Waals surface area contributed by atoms with E-state index in [9.17, 15) is 15.0 Å². The average Bonchev–Trinajstić information content (AvgIpc) is 3.39. The van der Waals surface area contributed by atoms with E-state index in [1.54, 1.807) is 19.5 Å². The molecule has 0 spiro atoms. The molecule has 210 valence electrons. The minimum atomic E-state index is -1.05. The first-order valence-electron chi connectivity index (χ1n) is 13.4. The van der Waals surface area contributed by atoms with E-state index in [2.05, 4.69) is 15.0 Å². The van der Waals surface area contributed by atoms with Crippen LogP contribution in [-0.4, -0.2) is 44.5 Å². The molecule has 0 aliphatic carbocycles. The highest BCUT2D eigenvalue weighted by molar-refractivity contribution is 6.01. The normalized spacial score (nSPS) is 16.9. The Bertz CT molecular complexity index is 1960. The molecule has 10 heteroatoms. The summed E-state index contributed by atoms with van der Waals surface area (Å²) in [5.41, 5.74) is 7.46. The molecule has 2 aromatic carbocycles. The van der Waals surface area contributed by atoms with Gasteiger partial charge >= 0.3 is 12.3 Å². The topological polar surface area (TPSA) is 137 Å². The number of hydrogen-bond acceptors (Lipinski definition) is 6. The van der Waals surface area contributed by atoms with Crippen molar-refractivity contribution >= 4 is 28.0 Å². The molecule has 0 bridgehead atoms. The lowest BCUT2D eigenvalue weighted by Gasteiger charge is -2.08. The number of carbonyl (C=O) groups is 1. The number of H-pyrrole nitrogens is 2. The van der Waals surface area contributed by atoms with Gasteiger partial charge in [-0.2, -0.15) is 0 Å². The van der Waals surface area contributed by atoms with Crippen LogP contribution in [0.1, 0.15) is 45.0 Å². The SMILES string of the molecule is COc1ccc(-c2cc3c([nH]2)c(C(=O)O)cc[n+]3OC2OC2c2ccnc3cc(C(O)c4ccccc4)[nH]c23)c(C)c1. The van der Waals surface area contributed by atoms with Gasteiger partial charge in [0.1, 0.15) is 17.4 Å². The van der Waals surface area contributed by atoms with Gasteiger partial charge in [-0.15, -0.1) is 0 Å². The summed E-state index contributed by atoms with van der Waals surface area (Å²) in [4.78, 5) is 29.3. The maximum atomic E-state index is 12.0. The molecule has 0 saturated carbocycles. The maximum absolute atomic E-state index is 12.0. The monoisotopic (exact) mass is 563 g/mol. The van der Waals surface area contributed by atoms with E-state index in [-0.39, 0.29) is 11.7 Å². The number of aromatic nitrogens is 4. The Morgan fingerprint density at radius 2 is 1.88 bits per heavy atom. The second-order valence-corrected chi connectivity index (χ2v) is 10.2. The standard InChI is InChI=1S/C32H26N4O6/c1-17-14-19(40-2)8-9-20(17)23-16-26-28(34-23)22(31(38)39)11-13-36(26)42-32-30(41-32)21-10-12-33-24-15-25(35-27(21)24)29(37)18-6-4-3-5-7-18/h3-16,29-30,32,37H,1-2H3,(H2,33,35,38,39)/p+1. The minimum absolute atomic E-state index is 0.127. The lowest BCUT2D eigenvalue weighted by atomic mass is 10.1. The van der Waals surface area contributed by atoms with Crippen LogP contribution in [-0.2, 0) is 4.74 Å². The van der Waals surface area contributed by atoms with Crippen molar-refractivity contribution in [1.29, 1.82) is 0 Å². The highest BCUT2D eigenvalue weighted by atomic mass is 16.8. The van der Waals surface area contributed by atoms with Crippen LogP contribution in [0.2, 0.25) is 0 Å². The Labute approximate surface area is 239 Å². The average molecular weight is 564 g/mol. The van der Waals surface area contributed by atoms with Crippen LogP contribution >= 0.6 is 0 Å². The lowest BCUT2D eigenvalue weighted by molar-refractivity contribution is -0.878. The summed E-state index contributed by atoms with van der Waals surface area (Å²) in [7, 11) is 1.61. The first-order valence-corrected chi connectivity index (χ1v) is 13.4. The second-order valence-electron chi connectivity index (χ2n) is 10.2. The van der Waals surface area contributed by atoms with Gasteiger partial charge in [-0.3, -0.25) is 4.98 Å². The molecule has 7 rings (SSSR count). The smallest absolute Gasteiger partial charge is 0.338 e. The van der Waals surface area contributed by atoms with E-state index < -0.39 is 18.4 Å². The maximum Gasteiger partial charge on any atom is 0.338 e. The molecule has 3 unspecified atom stereocenters. The van der Waals surface area contributed by atoms with Crippen molar-refractivity contribution in [2.75, 3.05) is 7.11 Å². The van der Waals surface area contributed by atoms with Crippen molar-refractivity contribution in [2.24, 2.45) is 0 Å². The number of benzene rings is 2. The summed E-state index contributed by atoms with van der Waals surface area (Å²) in [6.07, 6.45) is 1.44. The highest BCUT2D eigenvalue weighted by Gasteiger charge is 2.48. The van der Waals surface area contributed by atoms with Gasteiger partial charge in [0.25, 0.3) is 5.52 Å². The molecule has 42 heavy (non-hydrogen) atoms. The van der Waals surface area contributed by atoms with Crippen molar-refractivity contribution in [3.8, 4) is 17.0 Å². The molecule has 4 aromatic heterocycles. The summed E-state index contributed by atoms with van der Waals surface area (Å²) in [5, 5.41) is 20.7. The van der Waals surface area contributed by atoms with Crippen LogP contribution in [0, 0.1) is 6.92 Å². The number of aliphatic hydroxyl groups excluding tert-OH is 1. The van der Waals surface area contributed by atoms with E-state index >= 15 is 0 Å². The number of fused-ring (bicyclic) bond motifs is 2. The number of carboxylic acid groups (broad SMARTS) is 1. The fourth-order valence-electron chi connectivity index (χ4n) is 5.39. The van der Waals surface area contributed by atoms with Gasteiger partial charge in [-0.1, -0.05) is 30.3 Å². The number of rotatable bonds is 8. The molecule has 1 aliphatic rings. The van der Waals surface area contributed by atoms with Gasteiger partial charge in [0, 0.05) is 34.2 Å². The summed E-state index contributed by atoms with van der Waals surface area (Å²) >= 11 is 0. The van der Waals surface area contributed by atoms with Crippen LogP contribution in [0.4, 0.5) is 0 Å². The number of aromatic carboxylic acids is 1. The number of aliphatic hydroxyl groups is 1. The molecule has 1 saturated heterocycles. The van der Waals surface area contributed by atoms with Gasteiger partial charge in [-0.05, 0) is 48.4 Å². The zero-order valence-corrected chi connectivity index (χ0v) is 22.7. The number of hydrogen-bond donors (Lipinski definition) is 4. The summed E-state index contributed by atoms with van der Waals surface area (Å²) < 4.78 is 12.8. The molecule has 1 fully saturated rings. The molecular formula is C32H27N4O6+. The van der Waals surface area contributed by atoms with E-state index in [0.29, 0.717) is 22.2 Å². The fraction of sp³-hybridized carbons (Fsp3) is 0.156. The molecule has 0 amide bonds. The van der Waals surface area contributed by atoms with Crippen molar-refractivity contribution in [3.63, 3.8) is 0 Å². The number of ether oxygens (including phenoxy) is 2. The summed E-state index contributed by atoms with van der Waals surface area (Å²) in [6.45, 7) is 1.97. The predicted octanol–water partition coefficient (Wildman–Crippen LogP) is 4.62. The zero-order chi connectivity index (χ0) is 29.0. The quantitative estimate of drug-likeness (QED) is 0.157. The molecule has 6 aromatic rings. The molecule has 10 nitrogen and oxygen atoms in total. The summed E-state index contributed by atoms with van der Waals surface area (Å²) in [5.74, 6) is -0.310. The Balaban J connectivity index is 1.20. The van der Waals surface area contributed by atoms with E-state index in [1.165, 1.54) is 10.8 Å². The van der Waals surface area contributed by atoms with E-state index in [0.717, 1.165) is 39.2 Å². The number of nitrogens with one attached hydrogen (secondary N) is 2. The Hall–Kier alpha value is -5.19. The fourth-order valence-corrected chi connectivity index (χ4v) is 5.39. The van der Waals surface area contributed by atoms with Gasteiger partial charge in [0.15, 0.2) is 6.10 Å². The third-order valence-corrected chi connectivity index (χ3v) is 7.59. The number of aromatic amines is 2. The predicted molar refractivity (Wildman–Crippen MR) is 153 cm³/mol. The number of carboxylic acids is 1. The van der Waals surface area contributed by atoms with Crippen LogP contribution < -0.4 is 14.3 Å². The van der Waals surface area contributed by atoms with Crippen molar-refractivity contribution in [1.82, 2.24) is 15.0 Å². The van der Waals surface area contributed by atoms with Gasteiger partial charge in [0.2, 0.25) is 6.20 Å². The Morgan fingerprint density at radius 3 is 2.64 bits per heavy atom. The largest absolute Gasteiger partial charge is 0.497 e. The van der Waals surface area contributed by atoms with E-state index in [1.807, 2.05) is 73.7 Å². The van der Waals surface area contributed by atoms with Crippen LogP contribution in [0.5, 0.6) is 5.75 Å². The molecule has 4 N–H and O–H groups in total. The number of pyridine rings is 2. The molecular weight excluding hydrogens is 536 g/mol. The first-order chi connectivity index (χ1) is 20.4. The van der Waals surface area contributed by atoms with Gasteiger partial charge < -0.3 is 29.7 Å². The highest BCUT2D eigenvalue weighted by Crippen LogP contribution is 2.41. The van der Waals surface area contributed by atoms with Gasteiger partial charge in [-0.25, -0.2) is 9.63 Å². The summed E-state index contributed by atoms with van der Waals surface area (Å²) in [6, 6.07) is 22.2. The molecule has 0 radical (unpaired) electrons. The lowest BCUT2D eigenvalue weighted by Crippen LogP contribution is -2.44. The second kappa shape index (κ2) is 10.0. The third-order valence-electron chi connectivity index (χ3n) is 7.59. The number of epoxide rings is 1. The number of methoxy groups -OCH3 is 1. The van der Waals surface area contributed by atoms with Crippen LogP contribution in [0.25, 0.3) is 33.3 Å². The first kappa shape index (κ1) is 25.8. The van der Waals surface area contributed by atoms with Crippen molar-refractivity contribution in [2.45, 2.75) is 25.4 Å². The zero-order valence-electron chi connectivity index (χ0n) is 22.7. The van der Waals surface area contributed by atoms with Crippen molar-refractivity contribution < 1.29 is 34.0 Å². The van der Waals surface area contributed by atoms with Crippen molar-refractivity contribution in [3.05, 3.63) is 113 Å². The third kappa shape index (κ3) is 4.43. The van der Waals surface area contributed by atoms with Crippen LogP contribution in [0.15, 0.2) is 85.2 Å². The number of aryl methyl sites for hydroxylation is 1. The Kier molecular flexibility index (Phi) is 6.14.